The Morgan fingerprint density at radius 2 is 1.70 bits per heavy atom. The first kappa shape index (κ1) is 24.7. The molecule has 1 N–H and O–H groups in total. The molecule has 0 saturated carbocycles. The molecule has 0 unspecified atom stereocenters. The molecule has 4 atom stereocenters. The van der Waals surface area contributed by atoms with Crippen LogP contribution in [0.5, 0.6) is 0 Å². The molecule has 1 fully saturated rings. The molecule has 4 heterocycles. The number of carbonyl (C=O) groups excluding carboxylic acids is 3. The van der Waals surface area contributed by atoms with Crippen molar-refractivity contribution in [2.45, 2.75) is 37.3 Å². The van der Waals surface area contributed by atoms with Crippen molar-refractivity contribution in [3.63, 3.8) is 0 Å². The standard InChI is InChI=1S/C34H28N2O3S/c1-2-8-21-14-16-23(17-15-21)31(37)29-30(32(38)27-13-7-20-40-27)36-26-12-6-3-9-22(26)18-19-28(36)34(29)24-10-4-5-11-25(24)35-33(34)39/h3-7,9-20,28-30H,2,8H2,1H3,(H,35,39)/t28-,29+,30+,34-/m1/s1. The van der Waals surface area contributed by atoms with E-state index in [1.807, 2.05) is 107 Å². The highest BCUT2D eigenvalue weighted by molar-refractivity contribution is 7.12. The third-order valence-corrected chi connectivity index (χ3v) is 9.52. The molecule has 5 nitrogen and oxygen atoms in total. The number of carbonyl (C=O) groups is 3. The molecule has 4 aromatic rings. The first-order valence-corrected chi connectivity index (χ1v) is 14.6. The van der Waals surface area contributed by atoms with Gasteiger partial charge in [-0.3, -0.25) is 14.4 Å². The highest BCUT2D eigenvalue weighted by Crippen LogP contribution is 2.58. The lowest BCUT2D eigenvalue weighted by molar-refractivity contribution is -0.121. The summed E-state index contributed by atoms with van der Waals surface area (Å²) >= 11 is 1.37. The van der Waals surface area contributed by atoms with Gasteiger partial charge in [0.15, 0.2) is 11.6 Å². The van der Waals surface area contributed by atoms with Gasteiger partial charge in [0.2, 0.25) is 5.91 Å². The van der Waals surface area contributed by atoms with Crippen LogP contribution in [0.25, 0.3) is 6.08 Å². The van der Waals surface area contributed by atoms with Crippen LogP contribution < -0.4 is 10.2 Å². The summed E-state index contributed by atoms with van der Waals surface area (Å²) in [5.74, 6) is -1.51. The second-order valence-electron chi connectivity index (χ2n) is 10.7. The molecule has 6 heteroatoms. The van der Waals surface area contributed by atoms with Crippen LogP contribution in [0.3, 0.4) is 0 Å². The number of Topliss-reactive ketones (excluding diaryl/α,β-unsaturated/α-hetero) is 2. The zero-order chi connectivity index (χ0) is 27.4. The number of anilines is 2. The molecular weight excluding hydrogens is 516 g/mol. The number of hydrogen-bond acceptors (Lipinski definition) is 5. The Hall–Kier alpha value is -4.29. The Morgan fingerprint density at radius 3 is 2.48 bits per heavy atom. The molecule has 1 spiro atoms. The van der Waals surface area contributed by atoms with E-state index in [2.05, 4.69) is 12.2 Å². The Labute approximate surface area is 237 Å². The summed E-state index contributed by atoms with van der Waals surface area (Å²) in [4.78, 5) is 46.2. The molecule has 3 aliphatic heterocycles. The van der Waals surface area contributed by atoms with E-state index in [1.54, 1.807) is 0 Å². The quantitative estimate of drug-likeness (QED) is 0.279. The van der Waals surface area contributed by atoms with Gasteiger partial charge in [0.05, 0.1) is 16.8 Å². The van der Waals surface area contributed by atoms with Crippen LogP contribution in [-0.4, -0.2) is 29.6 Å². The molecule has 0 bridgehead atoms. The van der Waals surface area contributed by atoms with E-state index in [1.165, 1.54) is 11.3 Å². The van der Waals surface area contributed by atoms with Crippen molar-refractivity contribution >= 4 is 46.3 Å². The average Bonchev–Trinajstić information content (AvgIpc) is 3.70. The molecule has 0 aliphatic carbocycles. The van der Waals surface area contributed by atoms with Gasteiger partial charge in [-0.1, -0.05) is 92.2 Å². The molecule has 1 saturated heterocycles. The van der Waals surface area contributed by atoms with Crippen LogP contribution in [0.2, 0.25) is 0 Å². The second-order valence-corrected chi connectivity index (χ2v) is 11.7. The number of ketones is 2. The van der Waals surface area contributed by atoms with Gasteiger partial charge in [-0.2, -0.15) is 0 Å². The van der Waals surface area contributed by atoms with Gasteiger partial charge in [0, 0.05) is 16.9 Å². The van der Waals surface area contributed by atoms with Crippen LogP contribution in [0.1, 0.15) is 50.1 Å². The number of aryl methyl sites for hydroxylation is 1. The minimum atomic E-state index is -1.28. The highest BCUT2D eigenvalue weighted by Gasteiger charge is 2.70. The van der Waals surface area contributed by atoms with E-state index in [4.69, 9.17) is 0 Å². The predicted molar refractivity (Wildman–Crippen MR) is 159 cm³/mol. The van der Waals surface area contributed by atoms with E-state index in [-0.39, 0.29) is 17.5 Å². The van der Waals surface area contributed by atoms with Crippen LogP contribution in [-0.2, 0) is 16.6 Å². The summed E-state index contributed by atoms with van der Waals surface area (Å²) in [6, 6.07) is 25.4. The normalized spacial score (nSPS) is 24.0. The number of amides is 1. The van der Waals surface area contributed by atoms with Crippen molar-refractivity contribution < 1.29 is 14.4 Å². The minimum absolute atomic E-state index is 0.139. The number of rotatable bonds is 6. The van der Waals surface area contributed by atoms with Crippen LogP contribution in [0, 0.1) is 5.92 Å². The SMILES string of the molecule is CCCc1ccc(C(=O)[C@@H]2[C@@H](C(=O)c3cccs3)N3c4ccccc4C=C[C@@H]3[C@@]23C(=O)Nc2ccccc23)cc1. The zero-order valence-electron chi connectivity index (χ0n) is 22.0. The highest BCUT2D eigenvalue weighted by atomic mass is 32.1. The molecule has 198 valence electrons. The zero-order valence-corrected chi connectivity index (χ0v) is 22.9. The summed E-state index contributed by atoms with van der Waals surface area (Å²) in [7, 11) is 0. The van der Waals surface area contributed by atoms with Gasteiger partial charge in [0.25, 0.3) is 0 Å². The Morgan fingerprint density at radius 1 is 0.925 bits per heavy atom. The van der Waals surface area contributed by atoms with Gasteiger partial charge in [0.1, 0.15) is 11.5 Å². The van der Waals surface area contributed by atoms with Crippen molar-refractivity contribution in [1.29, 1.82) is 0 Å². The van der Waals surface area contributed by atoms with Gasteiger partial charge in [-0.05, 0) is 46.7 Å². The number of fused-ring (bicyclic) bond motifs is 6. The van der Waals surface area contributed by atoms with Gasteiger partial charge < -0.3 is 10.2 Å². The maximum atomic E-state index is 14.8. The Kier molecular flexibility index (Phi) is 5.82. The van der Waals surface area contributed by atoms with Crippen molar-refractivity contribution in [3.05, 3.63) is 124 Å². The number of hydrogen-bond donors (Lipinski definition) is 1. The average molecular weight is 545 g/mol. The molecule has 1 aromatic heterocycles. The molecule has 0 radical (unpaired) electrons. The molecule has 1 amide bonds. The fourth-order valence-electron chi connectivity index (χ4n) is 6.99. The van der Waals surface area contributed by atoms with E-state index in [0.717, 1.165) is 35.2 Å². The number of nitrogens with zero attached hydrogens (tertiary/aromatic N) is 1. The maximum absolute atomic E-state index is 14.8. The lowest BCUT2D eigenvalue weighted by Crippen LogP contribution is -2.51. The summed E-state index contributed by atoms with van der Waals surface area (Å²) in [5.41, 5.74) is 3.67. The fraction of sp³-hybridized carbons (Fsp3) is 0.206. The van der Waals surface area contributed by atoms with Gasteiger partial charge in [-0.15, -0.1) is 11.3 Å². The van der Waals surface area contributed by atoms with Gasteiger partial charge >= 0.3 is 0 Å². The number of nitrogens with one attached hydrogen (secondary N) is 1. The van der Waals surface area contributed by atoms with Crippen molar-refractivity contribution in [1.82, 2.24) is 0 Å². The summed E-state index contributed by atoms with van der Waals surface area (Å²) in [5, 5.41) is 4.96. The molecule has 3 aliphatic rings. The lowest BCUT2D eigenvalue weighted by Gasteiger charge is -2.37. The van der Waals surface area contributed by atoms with Crippen molar-refractivity contribution in [3.8, 4) is 0 Å². The second kappa shape index (κ2) is 9.42. The Bertz CT molecular complexity index is 1670. The largest absolute Gasteiger partial charge is 0.352 e. The van der Waals surface area contributed by atoms with Crippen molar-refractivity contribution in [2.24, 2.45) is 5.92 Å². The van der Waals surface area contributed by atoms with Crippen LogP contribution in [0.4, 0.5) is 11.4 Å². The lowest BCUT2D eigenvalue weighted by atomic mass is 9.64. The summed E-state index contributed by atoms with van der Waals surface area (Å²) < 4.78 is 0. The van der Waals surface area contributed by atoms with Crippen LogP contribution >= 0.6 is 11.3 Å². The monoisotopic (exact) mass is 544 g/mol. The third kappa shape index (κ3) is 3.42. The fourth-order valence-corrected chi connectivity index (χ4v) is 7.69. The number of benzene rings is 3. The Balaban J connectivity index is 1.50. The summed E-state index contributed by atoms with van der Waals surface area (Å²) in [6.45, 7) is 2.12. The maximum Gasteiger partial charge on any atom is 0.238 e. The molecule has 7 rings (SSSR count). The van der Waals surface area contributed by atoms with E-state index in [0.29, 0.717) is 16.1 Å². The number of thiophene rings is 1. The minimum Gasteiger partial charge on any atom is -0.352 e. The first-order chi connectivity index (χ1) is 19.6. The molecule has 40 heavy (non-hydrogen) atoms. The number of para-hydroxylation sites is 2. The van der Waals surface area contributed by atoms with Gasteiger partial charge in [-0.25, -0.2) is 0 Å². The topological polar surface area (TPSA) is 66.5 Å². The van der Waals surface area contributed by atoms with E-state index >= 15 is 0 Å². The molecule has 3 aromatic carbocycles. The van der Waals surface area contributed by atoms with Crippen LogP contribution in [0.15, 0.2) is 96.4 Å². The van der Waals surface area contributed by atoms with Crippen molar-refractivity contribution in [2.75, 3.05) is 10.2 Å². The van der Waals surface area contributed by atoms with E-state index in [9.17, 15) is 14.4 Å². The predicted octanol–water partition coefficient (Wildman–Crippen LogP) is 6.56. The summed E-state index contributed by atoms with van der Waals surface area (Å²) in [6.07, 6.45) is 5.96. The molecular formula is C34H28N2O3S. The van der Waals surface area contributed by atoms with E-state index < -0.39 is 23.4 Å². The third-order valence-electron chi connectivity index (χ3n) is 8.63. The first-order valence-electron chi connectivity index (χ1n) is 13.7. The smallest absolute Gasteiger partial charge is 0.238 e.